The van der Waals surface area contributed by atoms with Crippen molar-refractivity contribution in [3.63, 3.8) is 0 Å². The summed E-state index contributed by atoms with van der Waals surface area (Å²) < 4.78 is 26.2. The molecule has 0 N–H and O–H groups in total. The molecule has 0 saturated heterocycles. The van der Waals surface area contributed by atoms with Gasteiger partial charge in [-0.05, 0) is 81.9 Å². The molecule has 35 heavy (non-hydrogen) atoms. The number of halogens is 1. The Morgan fingerprint density at radius 1 is 1.14 bits per heavy atom. The molecule has 1 fully saturated rings. The Morgan fingerprint density at radius 2 is 1.83 bits per heavy atom. The second-order valence-electron chi connectivity index (χ2n) is 9.82. The van der Waals surface area contributed by atoms with E-state index in [0.717, 1.165) is 35.4 Å². The first-order valence-corrected chi connectivity index (χ1v) is 12.4. The molecule has 0 radical (unpaired) electrons. The fraction of sp³-hybridized carbons (Fsp3) is 0.464. The first-order chi connectivity index (χ1) is 16.8. The highest BCUT2D eigenvalue weighted by atomic mass is 19.1. The van der Waals surface area contributed by atoms with Crippen molar-refractivity contribution < 1.29 is 23.5 Å². The van der Waals surface area contributed by atoms with Crippen molar-refractivity contribution in [3.8, 4) is 5.69 Å². The van der Waals surface area contributed by atoms with Crippen LogP contribution in [-0.2, 0) is 25.5 Å². The topological polar surface area (TPSA) is 70.4 Å². The van der Waals surface area contributed by atoms with Crippen molar-refractivity contribution in [3.05, 3.63) is 64.8 Å². The summed E-state index contributed by atoms with van der Waals surface area (Å²) in [5.74, 6) is -1.48. The number of benzene rings is 1. The van der Waals surface area contributed by atoms with Crippen LogP contribution in [0.4, 0.5) is 4.39 Å². The molecule has 184 valence electrons. The molecule has 1 aromatic heterocycles. The molecule has 0 bridgehead atoms. The number of esters is 2. The number of hydrogen-bond acceptors (Lipinski definition) is 5. The normalized spacial score (nSPS) is 24.3. The Hall–Kier alpha value is -3.22. The third-order valence-electron chi connectivity index (χ3n) is 8.01. The van der Waals surface area contributed by atoms with Crippen LogP contribution in [0.1, 0.15) is 57.7 Å². The maximum Gasteiger partial charge on any atom is 0.324 e. The highest BCUT2D eigenvalue weighted by Crippen LogP contribution is 2.60. The van der Waals surface area contributed by atoms with Crippen LogP contribution >= 0.6 is 0 Å². The predicted molar refractivity (Wildman–Crippen MR) is 129 cm³/mol. The maximum atomic E-state index is 13.5. The van der Waals surface area contributed by atoms with Crippen LogP contribution in [0.5, 0.6) is 0 Å². The van der Waals surface area contributed by atoms with Crippen molar-refractivity contribution in [2.75, 3.05) is 13.2 Å². The Balaban J connectivity index is 1.55. The van der Waals surface area contributed by atoms with E-state index in [1.165, 1.54) is 17.7 Å². The second kappa shape index (κ2) is 8.77. The van der Waals surface area contributed by atoms with Gasteiger partial charge in [0, 0.05) is 11.3 Å². The highest BCUT2D eigenvalue weighted by Gasteiger charge is 2.60. The number of allylic oxidation sites excluding steroid dienone is 3. The second-order valence-corrected chi connectivity index (χ2v) is 9.82. The summed E-state index contributed by atoms with van der Waals surface area (Å²) in [6, 6.07) is 6.32. The molecule has 3 aliphatic carbocycles. The zero-order valence-corrected chi connectivity index (χ0v) is 20.5. The van der Waals surface area contributed by atoms with Crippen molar-refractivity contribution in [2.45, 2.75) is 52.9 Å². The number of hydrogen-bond donors (Lipinski definition) is 0. The van der Waals surface area contributed by atoms with Gasteiger partial charge in [0.1, 0.15) is 5.82 Å². The molecule has 1 heterocycles. The minimum absolute atomic E-state index is 0.222. The first-order valence-electron chi connectivity index (χ1n) is 12.4. The van der Waals surface area contributed by atoms with Gasteiger partial charge >= 0.3 is 11.9 Å². The van der Waals surface area contributed by atoms with E-state index in [2.05, 4.69) is 24.2 Å². The SMILES string of the molecule is CCOC(=O)C1(C(=O)OCC)CCC=C2C1CCC1=Cc3c(cnn3-c3ccc(F)cc3)CC12C. The molecule has 1 aromatic carbocycles. The fourth-order valence-electron chi connectivity index (χ4n) is 6.36. The minimum Gasteiger partial charge on any atom is -0.465 e. The van der Waals surface area contributed by atoms with Gasteiger partial charge in [0.15, 0.2) is 5.41 Å². The summed E-state index contributed by atoms with van der Waals surface area (Å²) in [5, 5.41) is 4.61. The molecule has 6 nitrogen and oxygen atoms in total. The molecule has 1 saturated carbocycles. The molecule has 0 spiro atoms. The molecule has 0 aliphatic heterocycles. The average molecular weight is 479 g/mol. The minimum atomic E-state index is -1.30. The lowest BCUT2D eigenvalue weighted by molar-refractivity contribution is -0.178. The number of carbonyl (C=O) groups is 2. The largest absolute Gasteiger partial charge is 0.465 e. The number of carbonyl (C=O) groups excluding carboxylic acids is 2. The molecule has 2 unspecified atom stereocenters. The monoisotopic (exact) mass is 478 g/mol. The number of nitrogens with zero attached hydrogens (tertiary/aromatic N) is 2. The van der Waals surface area contributed by atoms with E-state index in [1.54, 1.807) is 26.0 Å². The van der Waals surface area contributed by atoms with Crippen LogP contribution < -0.4 is 0 Å². The van der Waals surface area contributed by atoms with Gasteiger partial charge in [-0.1, -0.05) is 24.1 Å². The summed E-state index contributed by atoms with van der Waals surface area (Å²) in [5.41, 5.74) is 3.66. The summed E-state index contributed by atoms with van der Waals surface area (Å²) in [6.07, 6.45) is 9.46. The average Bonchev–Trinajstić information content (AvgIpc) is 3.24. The van der Waals surface area contributed by atoms with Crippen molar-refractivity contribution >= 4 is 18.0 Å². The van der Waals surface area contributed by atoms with Gasteiger partial charge < -0.3 is 9.47 Å². The van der Waals surface area contributed by atoms with Gasteiger partial charge in [-0.15, -0.1) is 0 Å². The number of ether oxygens (including phenoxy) is 2. The molecule has 2 atom stereocenters. The van der Waals surface area contributed by atoms with Gasteiger partial charge in [0.05, 0.1) is 30.8 Å². The zero-order chi connectivity index (χ0) is 24.8. The van der Waals surface area contributed by atoms with Crippen molar-refractivity contribution in [2.24, 2.45) is 16.7 Å². The Kier molecular flexibility index (Phi) is 5.90. The lowest BCUT2D eigenvalue weighted by Crippen LogP contribution is -2.53. The van der Waals surface area contributed by atoms with E-state index < -0.39 is 17.4 Å². The van der Waals surface area contributed by atoms with E-state index in [4.69, 9.17) is 9.47 Å². The Bertz CT molecular complexity index is 1210. The Morgan fingerprint density at radius 3 is 2.49 bits per heavy atom. The summed E-state index contributed by atoms with van der Waals surface area (Å²) >= 11 is 0. The van der Waals surface area contributed by atoms with Crippen LogP contribution in [-0.4, -0.2) is 34.9 Å². The van der Waals surface area contributed by atoms with Gasteiger partial charge in [-0.25, -0.2) is 9.07 Å². The molecule has 3 aliphatic rings. The van der Waals surface area contributed by atoms with E-state index >= 15 is 0 Å². The maximum absolute atomic E-state index is 13.5. The first kappa shape index (κ1) is 23.5. The van der Waals surface area contributed by atoms with Gasteiger partial charge in [-0.3, -0.25) is 9.59 Å². The summed E-state index contributed by atoms with van der Waals surface area (Å²) in [4.78, 5) is 26.7. The van der Waals surface area contributed by atoms with Gasteiger partial charge in [0.25, 0.3) is 0 Å². The van der Waals surface area contributed by atoms with Crippen LogP contribution in [0.3, 0.4) is 0 Å². The highest BCUT2D eigenvalue weighted by molar-refractivity contribution is 6.01. The van der Waals surface area contributed by atoms with Crippen molar-refractivity contribution in [1.29, 1.82) is 0 Å². The van der Waals surface area contributed by atoms with Crippen LogP contribution in [0, 0.1) is 22.6 Å². The van der Waals surface area contributed by atoms with Gasteiger partial charge in [-0.2, -0.15) is 5.10 Å². The lowest BCUT2D eigenvalue weighted by Gasteiger charge is -2.51. The number of rotatable bonds is 5. The Labute approximate surface area is 204 Å². The standard InChI is InChI=1S/C28H31FN2O4/c1-4-34-25(32)28(26(33)35-5-2)14-6-7-22-23(28)13-8-19-15-24-18(16-27(19,22)3)17-30-31(24)21-11-9-20(29)10-12-21/h7,9-12,15,17,23H,4-6,8,13-14,16H2,1-3H3. The molecule has 0 amide bonds. The van der Waals surface area contributed by atoms with Crippen molar-refractivity contribution in [1.82, 2.24) is 9.78 Å². The smallest absolute Gasteiger partial charge is 0.324 e. The van der Waals surface area contributed by atoms with Crippen LogP contribution in [0.25, 0.3) is 11.8 Å². The molecule has 7 heteroatoms. The zero-order valence-electron chi connectivity index (χ0n) is 20.5. The number of fused-ring (bicyclic) bond motifs is 4. The summed E-state index contributed by atoms with van der Waals surface area (Å²) in [7, 11) is 0. The fourth-order valence-corrected chi connectivity index (χ4v) is 6.36. The molecular formula is C28H31FN2O4. The molecule has 5 rings (SSSR count). The third kappa shape index (κ3) is 3.55. The quantitative estimate of drug-likeness (QED) is 0.336. The van der Waals surface area contributed by atoms with E-state index in [1.807, 2.05) is 10.9 Å². The third-order valence-corrected chi connectivity index (χ3v) is 8.01. The van der Waals surface area contributed by atoms with Crippen LogP contribution in [0.15, 0.2) is 47.7 Å². The molecular weight excluding hydrogens is 447 g/mol. The van der Waals surface area contributed by atoms with Gasteiger partial charge in [0.2, 0.25) is 0 Å². The van der Waals surface area contributed by atoms with E-state index in [9.17, 15) is 14.0 Å². The van der Waals surface area contributed by atoms with E-state index in [0.29, 0.717) is 19.3 Å². The summed E-state index contributed by atoms with van der Waals surface area (Å²) in [6.45, 7) is 6.18. The number of aromatic nitrogens is 2. The van der Waals surface area contributed by atoms with Crippen LogP contribution in [0.2, 0.25) is 0 Å². The predicted octanol–water partition coefficient (Wildman–Crippen LogP) is 5.20. The molecule has 2 aromatic rings. The lowest BCUT2D eigenvalue weighted by atomic mass is 9.51. The van der Waals surface area contributed by atoms with E-state index in [-0.39, 0.29) is 30.4 Å².